The second-order valence-corrected chi connectivity index (χ2v) is 3.72. The predicted molar refractivity (Wildman–Crippen MR) is 61.8 cm³/mol. The van der Waals surface area contributed by atoms with E-state index in [1.807, 2.05) is 0 Å². The molecule has 1 N–H and O–H groups in total. The van der Waals surface area contributed by atoms with E-state index in [2.05, 4.69) is 10.2 Å². The third-order valence-corrected chi connectivity index (χ3v) is 2.48. The van der Waals surface area contributed by atoms with E-state index >= 15 is 0 Å². The van der Waals surface area contributed by atoms with Crippen molar-refractivity contribution in [3.05, 3.63) is 46.2 Å². The number of hydrogen-bond acceptors (Lipinski definition) is 3. The Kier molecular flexibility index (Phi) is 3.28. The first-order valence-corrected chi connectivity index (χ1v) is 5.23. The van der Waals surface area contributed by atoms with Gasteiger partial charge >= 0.3 is 6.18 Å². The summed E-state index contributed by atoms with van der Waals surface area (Å²) in [6.45, 7) is 0. The van der Waals surface area contributed by atoms with E-state index in [-0.39, 0.29) is 17.0 Å². The number of nitrogens with one attached hydrogen (secondary N) is 1. The molecule has 0 saturated carbocycles. The second-order valence-electron chi connectivity index (χ2n) is 3.72. The highest BCUT2D eigenvalue weighted by atomic mass is 19.4. The first-order valence-electron chi connectivity index (χ1n) is 5.23. The van der Waals surface area contributed by atoms with Gasteiger partial charge in [0, 0.05) is 11.6 Å². The number of nitrogens with zero attached hydrogens (tertiary/aromatic N) is 1. The number of H-pyrrole nitrogens is 1. The summed E-state index contributed by atoms with van der Waals surface area (Å²) in [5.41, 5.74) is -0.887. The van der Waals surface area contributed by atoms with Gasteiger partial charge in [0.15, 0.2) is 0 Å². The van der Waals surface area contributed by atoms with Crippen LogP contribution in [0.2, 0.25) is 0 Å². The molecule has 1 aromatic heterocycles. The fraction of sp³-hybridized carbons (Fsp3) is 0.167. The van der Waals surface area contributed by atoms with Gasteiger partial charge in [0.25, 0.3) is 5.56 Å². The SMILES string of the molecule is COc1ccc(C(F)(F)F)cc1-c1ccc(=O)[nH]n1. The molecule has 0 spiro atoms. The maximum absolute atomic E-state index is 12.7. The molecule has 100 valence electrons. The van der Waals surface area contributed by atoms with E-state index in [0.717, 1.165) is 12.1 Å². The Balaban J connectivity index is 2.59. The molecule has 0 radical (unpaired) electrons. The van der Waals surface area contributed by atoms with Gasteiger partial charge in [-0.05, 0) is 24.3 Å². The molecular weight excluding hydrogens is 261 g/mol. The molecule has 0 unspecified atom stereocenters. The zero-order valence-electron chi connectivity index (χ0n) is 9.78. The van der Waals surface area contributed by atoms with Crippen LogP contribution in [-0.4, -0.2) is 17.3 Å². The topological polar surface area (TPSA) is 55.0 Å². The van der Waals surface area contributed by atoms with Gasteiger partial charge in [-0.1, -0.05) is 0 Å². The summed E-state index contributed by atoms with van der Waals surface area (Å²) < 4.78 is 43.0. The summed E-state index contributed by atoms with van der Waals surface area (Å²) in [6, 6.07) is 5.58. The average Bonchev–Trinajstić information content (AvgIpc) is 2.38. The van der Waals surface area contributed by atoms with Gasteiger partial charge in [-0.25, -0.2) is 5.10 Å². The Bertz CT molecular complexity index is 630. The predicted octanol–water partition coefficient (Wildman–Crippen LogP) is 2.46. The maximum atomic E-state index is 12.7. The van der Waals surface area contributed by atoms with Crippen LogP contribution >= 0.6 is 0 Å². The van der Waals surface area contributed by atoms with E-state index < -0.39 is 17.3 Å². The Morgan fingerprint density at radius 3 is 2.47 bits per heavy atom. The van der Waals surface area contributed by atoms with Crippen LogP contribution in [0.3, 0.4) is 0 Å². The second kappa shape index (κ2) is 4.75. The van der Waals surface area contributed by atoms with E-state index in [1.165, 1.54) is 25.3 Å². The Morgan fingerprint density at radius 1 is 1.21 bits per heavy atom. The quantitative estimate of drug-likeness (QED) is 0.912. The monoisotopic (exact) mass is 270 g/mol. The van der Waals surface area contributed by atoms with Crippen molar-refractivity contribution >= 4 is 0 Å². The number of halogens is 3. The van der Waals surface area contributed by atoms with Crippen molar-refractivity contribution < 1.29 is 17.9 Å². The molecule has 0 aliphatic carbocycles. The molecule has 0 amide bonds. The number of methoxy groups -OCH3 is 1. The minimum Gasteiger partial charge on any atom is -0.496 e. The molecule has 0 saturated heterocycles. The van der Waals surface area contributed by atoms with Crippen LogP contribution in [-0.2, 0) is 6.18 Å². The number of ether oxygens (including phenoxy) is 1. The van der Waals surface area contributed by atoms with E-state index in [9.17, 15) is 18.0 Å². The van der Waals surface area contributed by atoms with Crippen LogP contribution in [0.25, 0.3) is 11.3 Å². The van der Waals surface area contributed by atoms with Crippen molar-refractivity contribution in [1.29, 1.82) is 0 Å². The summed E-state index contributed by atoms with van der Waals surface area (Å²) in [6.07, 6.45) is -4.46. The van der Waals surface area contributed by atoms with Crippen molar-refractivity contribution in [2.45, 2.75) is 6.18 Å². The van der Waals surface area contributed by atoms with Crippen LogP contribution < -0.4 is 10.3 Å². The van der Waals surface area contributed by atoms with Gasteiger partial charge < -0.3 is 4.74 Å². The van der Waals surface area contributed by atoms with Crippen molar-refractivity contribution in [2.75, 3.05) is 7.11 Å². The van der Waals surface area contributed by atoms with Gasteiger partial charge in [-0.15, -0.1) is 0 Å². The van der Waals surface area contributed by atoms with E-state index in [1.54, 1.807) is 0 Å². The van der Waals surface area contributed by atoms with E-state index in [4.69, 9.17) is 4.74 Å². The molecule has 0 fully saturated rings. The molecule has 0 bridgehead atoms. The van der Waals surface area contributed by atoms with Gasteiger partial charge in [-0.2, -0.15) is 18.3 Å². The minimum atomic E-state index is -4.46. The number of hydrogen-bond donors (Lipinski definition) is 1. The van der Waals surface area contributed by atoms with E-state index in [0.29, 0.717) is 0 Å². The number of alkyl halides is 3. The third-order valence-electron chi connectivity index (χ3n) is 2.48. The zero-order valence-corrected chi connectivity index (χ0v) is 9.78. The molecule has 0 aliphatic heterocycles. The first-order chi connectivity index (χ1) is 8.91. The van der Waals surface area contributed by atoms with Crippen molar-refractivity contribution in [3.63, 3.8) is 0 Å². The molecule has 2 rings (SSSR count). The average molecular weight is 270 g/mol. The zero-order chi connectivity index (χ0) is 14.0. The lowest BCUT2D eigenvalue weighted by Crippen LogP contribution is -2.08. The van der Waals surface area contributed by atoms with Crippen LogP contribution in [0.1, 0.15) is 5.56 Å². The minimum absolute atomic E-state index is 0.161. The molecule has 4 nitrogen and oxygen atoms in total. The molecule has 1 heterocycles. The van der Waals surface area contributed by atoms with Crippen LogP contribution in [0, 0.1) is 0 Å². The third kappa shape index (κ3) is 2.75. The first kappa shape index (κ1) is 13.1. The lowest BCUT2D eigenvalue weighted by Gasteiger charge is -2.12. The highest BCUT2D eigenvalue weighted by Gasteiger charge is 2.31. The highest BCUT2D eigenvalue weighted by Crippen LogP contribution is 2.36. The van der Waals surface area contributed by atoms with Crippen molar-refractivity contribution in [3.8, 4) is 17.0 Å². The summed E-state index contributed by atoms with van der Waals surface area (Å²) in [4.78, 5) is 10.9. The van der Waals surface area contributed by atoms with Gasteiger partial charge in [0.1, 0.15) is 5.75 Å². The van der Waals surface area contributed by atoms with Gasteiger partial charge in [0.2, 0.25) is 0 Å². The number of benzene rings is 1. The number of aromatic amines is 1. The molecule has 0 aliphatic rings. The Labute approximate surface area is 105 Å². The number of rotatable bonds is 2. The smallest absolute Gasteiger partial charge is 0.416 e. The standard InChI is InChI=1S/C12H9F3N2O2/c1-19-10-4-2-7(12(13,14)15)6-8(10)9-3-5-11(18)17-16-9/h2-6H,1H3,(H,17,18). The molecule has 2 aromatic rings. The maximum Gasteiger partial charge on any atom is 0.416 e. The summed E-state index contributed by atoms with van der Waals surface area (Å²) >= 11 is 0. The fourth-order valence-corrected chi connectivity index (χ4v) is 1.58. The lowest BCUT2D eigenvalue weighted by molar-refractivity contribution is -0.137. The Morgan fingerprint density at radius 2 is 1.95 bits per heavy atom. The van der Waals surface area contributed by atoms with Crippen molar-refractivity contribution in [2.24, 2.45) is 0 Å². The lowest BCUT2D eigenvalue weighted by atomic mass is 10.1. The van der Waals surface area contributed by atoms with Gasteiger partial charge in [0.05, 0.1) is 18.4 Å². The molecule has 0 atom stereocenters. The summed E-state index contributed by atoms with van der Waals surface area (Å²) in [5.74, 6) is 0.243. The number of aromatic nitrogens is 2. The molecule has 1 aromatic carbocycles. The molecule has 19 heavy (non-hydrogen) atoms. The largest absolute Gasteiger partial charge is 0.496 e. The molecule has 7 heteroatoms. The highest BCUT2D eigenvalue weighted by molar-refractivity contribution is 5.67. The van der Waals surface area contributed by atoms with Crippen LogP contribution in [0.4, 0.5) is 13.2 Å². The Hall–Kier alpha value is -2.31. The summed E-state index contributed by atoms with van der Waals surface area (Å²) in [5, 5.41) is 5.86. The fourth-order valence-electron chi connectivity index (χ4n) is 1.58. The van der Waals surface area contributed by atoms with Gasteiger partial charge in [-0.3, -0.25) is 4.79 Å². The summed E-state index contributed by atoms with van der Waals surface area (Å²) in [7, 11) is 1.35. The molecular formula is C12H9F3N2O2. The van der Waals surface area contributed by atoms with Crippen LogP contribution in [0.15, 0.2) is 35.1 Å². The normalized spacial score (nSPS) is 11.4. The van der Waals surface area contributed by atoms with Crippen molar-refractivity contribution in [1.82, 2.24) is 10.2 Å². The van der Waals surface area contributed by atoms with Crippen LogP contribution in [0.5, 0.6) is 5.75 Å².